The number of aryl methyl sites for hydroxylation is 3. The van der Waals surface area contributed by atoms with Crippen LogP contribution in [-0.4, -0.2) is 32.0 Å². The summed E-state index contributed by atoms with van der Waals surface area (Å²) >= 11 is 0. The van der Waals surface area contributed by atoms with Gasteiger partial charge in [-0.3, -0.25) is 0 Å². The van der Waals surface area contributed by atoms with Crippen LogP contribution in [0.25, 0.3) is 0 Å². The third-order valence-electron chi connectivity index (χ3n) is 3.86. The number of ether oxygens (including phenoxy) is 1. The summed E-state index contributed by atoms with van der Waals surface area (Å²) in [6.45, 7) is 5.70. The van der Waals surface area contributed by atoms with Crippen LogP contribution in [0.3, 0.4) is 0 Å². The van der Waals surface area contributed by atoms with Crippen LogP contribution in [0.4, 0.5) is 0 Å². The highest BCUT2D eigenvalue weighted by atomic mass is 32.2. The van der Waals surface area contributed by atoms with Gasteiger partial charge in [0.25, 0.3) is 0 Å². The van der Waals surface area contributed by atoms with Crippen LogP contribution in [0.5, 0.6) is 5.75 Å². The topological polar surface area (TPSA) is 63.6 Å². The minimum Gasteiger partial charge on any atom is -0.491 e. The molecule has 0 fully saturated rings. The van der Waals surface area contributed by atoms with Crippen molar-refractivity contribution in [3.8, 4) is 5.75 Å². The number of aliphatic hydroxyl groups is 1. The van der Waals surface area contributed by atoms with E-state index < -0.39 is 15.9 Å². The number of benzene rings is 2. The van der Waals surface area contributed by atoms with Crippen LogP contribution < -0.4 is 4.74 Å². The fourth-order valence-corrected chi connectivity index (χ4v) is 4.06. The van der Waals surface area contributed by atoms with Gasteiger partial charge >= 0.3 is 0 Å². The van der Waals surface area contributed by atoms with Crippen LogP contribution >= 0.6 is 0 Å². The summed E-state index contributed by atoms with van der Waals surface area (Å²) in [7, 11) is -3.41. The predicted octanol–water partition coefficient (Wildman–Crippen LogP) is 2.97. The molecule has 0 amide bonds. The zero-order valence-corrected chi connectivity index (χ0v) is 15.1. The smallest absolute Gasteiger partial charge is 0.157 e. The Hall–Kier alpha value is -1.85. The lowest BCUT2D eigenvalue weighted by molar-refractivity contribution is 0.124. The summed E-state index contributed by atoms with van der Waals surface area (Å²) in [6.07, 6.45) is -1.06. The first kappa shape index (κ1) is 18.5. The normalized spacial score (nSPS) is 12.8. The summed E-state index contributed by atoms with van der Waals surface area (Å²) in [5.74, 6) is 0.289. The lowest BCUT2D eigenvalue weighted by Crippen LogP contribution is -2.28. The summed E-state index contributed by atoms with van der Waals surface area (Å²) < 4.78 is 30.1. The van der Waals surface area contributed by atoms with Gasteiger partial charge in [0.2, 0.25) is 0 Å². The first-order valence-electron chi connectivity index (χ1n) is 7.90. The molecule has 2 rings (SSSR count). The summed E-state index contributed by atoms with van der Waals surface area (Å²) in [4.78, 5) is 0. The standard InChI is InChI=1S/C19H24O4S/c1-14-8-9-16(3)19(10-14)23-11-18(20)13-24(21,22)12-17-7-5-4-6-15(17)2/h4-10,18,20H,11-13H2,1-3H3. The van der Waals surface area contributed by atoms with Crippen molar-refractivity contribution in [1.29, 1.82) is 0 Å². The Labute approximate surface area is 144 Å². The largest absolute Gasteiger partial charge is 0.491 e. The first-order valence-corrected chi connectivity index (χ1v) is 9.72. The highest BCUT2D eigenvalue weighted by molar-refractivity contribution is 7.90. The van der Waals surface area contributed by atoms with Gasteiger partial charge in [-0.15, -0.1) is 0 Å². The number of sulfone groups is 1. The molecule has 0 saturated carbocycles. The summed E-state index contributed by atoms with van der Waals surface area (Å²) in [5.41, 5.74) is 3.70. The zero-order chi connectivity index (χ0) is 17.7. The molecule has 0 bridgehead atoms. The lowest BCUT2D eigenvalue weighted by Gasteiger charge is -2.15. The minimum atomic E-state index is -3.41. The molecule has 0 aliphatic rings. The van der Waals surface area contributed by atoms with Gasteiger partial charge in [-0.2, -0.15) is 0 Å². The van der Waals surface area contributed by atoms with Crippen LogP contribution in [0.2, 0.25) is 0 Å². The van der Waals surface area contributed by atoms with Gasteiger partial charge < -0.3 is 9.84 Å². The number of hydrogen-bond acceptors (Lipinski definition) is 4. The molecule has 0 heterocycles. The molecule has 0 radical (unpaired) electrons. The number of rotatable bonds is 7. The monoisotopic (exact) mass is 348 g/mol. The molecular formula is C19H24O4S. The molecule has 2 aromatic rings. The second kappa shape index (κ2) is 7.81. The van der Waals surface area contributed by atoms with E-state index in [0.29, 0.717) is 5.75 Å². The molecule has 1 N–H and O–H groups in total. The Bertz CT molecular complexity index is 797. The Kier molecular flexibility index (Phi) is 6.02. The molecule has 1 atom stereocenters. The predicted molar refractivity (Wildman–Crippen MR) is 96.1 cm³/mol. The van der Waals surface area contributed by atoms with Crippen molar-refractivity contribution in [3.05, 3.63) is 64.7 Å². The molecule has 0 saturated heterocycles. The van der Waals surface area contributed by atoms with E-state index in [2.05, 4.69) is 0 Å². The molecule has 4 nitrogen and oxygen atoms in total. The van der Waals surface area contributed by atoms with Gasteiger partial charge in [0.05, 0.1) is 11.5 Å². The molecule has 130 valence electrons. The van der Waals surface area contributed by atoms with E-state index in [1.807, 2.05) is 57.2 Å². The molecule has 1 unspecified atom stereocenters. The van der Waals surface area contributed by atoms with Gasteiger partial charge in [-0.25, -0.2) is 8.42 Å². The molecule has 0 spiro atoms. The maximum Gasteiger partial charge on any atom is 0.157 e. The Balaban J connectivity index is 1.94. The average molecular weight is 348 g/mol. The maximum absolute atomic E-state index is 12.3. The second-order valence-corrected chi connectivity index (χ2v) is 8.32. The van der Waals surface area contributed by atoms with Gasteiger partial charge in [0, 0.05) is 0 Å². The van der Waals surface area contributed by atoms with E-state index in [4.69, 9.17) is 4.74 Å². The highest BCUT2D eigenvalue weighted by Crippen LogP contribution is 2.19. The Morgan fingerprint density at radius 2 is 1.75 bits per heavy atom. The zero-order valence-electron chi connectivity index (χ0n) is 14.3. The molecule has 0 aliphatic heterocycles. The average Bonchev–Trinajstić information content (AvgIpc) is 2.50. The molecule has 2 aromatic carbocycles. The van der Waals surface area contributed by atoms with Crippen molar-refractivity contribution in [2.75, 3.05) is 12.4 Å². The van der Waals surface area contributed by atoms with Crippen LogP contribution in [-0.2, 0) is 15.6 Å². The maximum atomic E-state index is 12.3. The number of aliphatic hydroxyl groups excluding tert-OH is 1. The van der Waals surface area contributed by atoms with Crippen molar-refractivity contribution in [2.24, 2.45) is 0 Å². The SMILES string of the molecule is Cc1ccc(C)c(OCC(O)CS(=O)(=O)Cc2ccccc2C)c1. The van der Waals surface area contributed by atoms with Crippen molar-refractivity contribution in [2.45, 2.75) is 32.6 Å². The van der Waals surface area contributed by atoms with Crippen molar-refractivity contribution >= 4 is 9.84 Å². The van der Waals surface area contributed by atoms with E-state index in [1.165, 1.54) is 0 Å². The van der Waals surface area contributed by atoms with Crippen LogP contribution in [0.15, 0.2) is 42.5 Å². The molecule has 0 aliphatic carbocycles. The molecule has 5 heteroatoms. The first-order chi connectivity index (χ1) is 11.3. The van der Waals surface area contributed by atoms with Gasteiger partial charge in [0.1, 0.15) is 18.5 Å². The van der Waals surface area contributed by atoms with E-state index in [9.17, 15) is 13.5 Å². The van der Waals surface area contributed by atoms with Gasteiger partial charge in [-0.1, -0.05) is 36.4 Å². The molecule has 0 aromatic heterocycles. The third kappa shape index (κ3) is 5.35. The van der Waals surface area contributed by atoms with E-state index >= 15 is 0 Å². The van der Waals surface area contributed by atoms with Gasteiger partial charge in [0.15, 0.2) is 9.84 Å². The summed E-state index contributed by atoms with van der Waals surface area (Å²) in [5, 5.41) is 10.0. The van der Waals surface area contributed by atoms with Crippen molar-refractivity contribution in [3.63, 3.8) is 0 Å². The van der Waals surface area contributed by atoms with Gasteiger partial charge in [-0.05, 0) is 49.1 Å². The lowest BCUT2D eigenvalue weighted by atomic mass is 10.1. The molecular weight excluding hydrogens is 324 g/mol. The quantitative estimate of drug-likeness (QED) is 0.835. The summed E-state index contributed by atoms with van der Waals surface area (Å²) in [6, 6.07) is 13.2. The fraction of sp³-hybridized carbons (Fsp3) is 0.368. The number of hydrogen-bond donors (Lipinski definition) is 1. The van der Waals surface area contributed by atoms with E-state index in [-0.39, 0.29) is 18.1 Å². The Morgan fingerprint density at radius 1 is 1.04 bits per heavy atom. The highest BCUT2D eigenvalue weighted by Gasteiger charge is 2.19. The molecule has 24 heavy (non-hydrogen) atoms. The minimum absolute atomic E-state index is 0.0444. The fourth-order valence-electron chi connectivity index (χ4n) is 2.46. The van der Waals surface area contributed by atoms with E-state index in [0.717, 1.165) is 22.3 Å². The van der Waals surface area contributed by atoms with Crippen LogP contribution in [0, 0.1) is 20.8 Å². The second-order valence-electron chi connectivity index (χ2n) is 6.21. The van der Waals surface area contributed by atoms with Crippen molar-refractivity contribution < 1.29 is 18.3 Å². The van der Waals surface area contributed by atoms with Crippen LogP contribution in [0.1, 0.15) is 22.3 Å². The van der Waals surface area contributed by atoms with E-state index in [1.54, 1.807) is 6.07 Å². The van der Waals surface area contributed by atoms with Crippen molar-refractivity contribution in [1.82, 2.24) is 0 Å². The third-order valence-corrected chi connectivity index (χ3v) is 5.50. The Morgan fingerprint density at radius 3 is 2.46 bits per heavy atom.